The molecule has 0 saturated carbocycles. The molecule has 0 aliphatic heterocycles. The van der Waals surface area contributed by atoms with Gasteiger partial charge in [-0.2, -0.15) is 0 Å². The number of thiophene rings is 1. The Labute approximate surface area is 145 Å². The van der Waals surface area contributed by atoms with Crippen LogP contribution in [0, 0.1) is 6.92 Å². The molecule has 3 rings (SSSR count). The average molecular weight is 340 g/mol. The zero-order valence-corrected chi connectivity index (χ0v) is 14.9. The minimum absolute atomic E-state index is 0.0872. The van der Waals surface area contributed by atoms with Gasteiger partial charge >= 0.3 is 0 Å². The zero-order valence-electron chi connectivity index (χ0n) is 14.1. The van der Waals surface area contributed by atoms with Gasteiger partial charge in [0, 0.05) is 35.9 Å². The van der Waals surface area contributed by atoms with Gasteiger partial charge < -0.3 is 9.47 Å². The summed E-state index contributed by atoms with van der Waals surface area (Å²) in [5, 5.41) is 0.548. The highest BCUT2D eigenvalue weighted by atomic mass is 32.1. The van der Waals surface area contributed by atoms with Crippen molar-refractivity contribution in [2.45, 2.75) is 26.9 Å². The molecule has 0 aliphatic carbocycles. The standard InChI is InChI=1S/C19H20N2O2S/c1-4-21-11-10-15-17(19(21)23)16(13(2)24-15)18(22)20(3)12-14-8-6-5-7-9-14/h5-11H,4,12H2,1-3H3. The molecule has 24 heavy (non-hydrogen) atoms. The van der Waals surface area contributed by atoms with Crippen LogP contribution in [-0.4, -0.2) is 22.4 Å². The molecule has 1 amide bonds. The first-order chi connectivity index (χ1) is 11.5. The highest BCUT2D eigenvalue weighted by Crippen LogP contribution is 2.29. The highest BCUT2D eigenvalue weighted by molar-refractivity contribution is 7.19. The summed E-state index contributed by atoms with van der Waals surface area (Å²) in [7, 11) is 1.78. The predicted molar refractivity (Wildman–Crippen MR) is 98.7 cm³/mol. The van der Waals surface area contributed by atoms with Gasteiger partial charge in [-0.1, -0.05) is 30.3 Å². The summed E-state index contributed by atoms with van der Waals surface area (Å²) in [5.74, 6) is -0.103. The summed E-state index contributed by atoms with van der Waals surface area (Å²) < 4.78 is 2.52. The Hall–Kier alpha value is -2.40. The van der Waals surface area contributed by atoms with E-state index in [0.29, 0.717) is 24.0 Å². The Morgan fingerprint density at radius 1 is 1.21 bits per heavy atom. The van der Waals surface area contributed by atoms with Gasteiger partial charge in [-0.05, 0) is 25.5 Å². The van der Waals surface area contributed by atoms with Crippen molar-refractivity contribution in [2.24, 2.45) is 0 Å². The van der Waals surface area contributed by atoms with Crippen LogP contribution in [0.25, 0.3) is 10.1 Å². The number of carbonyl (C=O) groups is 1. The van der Waals surface area contributed by atoms with Gasteiger partial charge in [-0.3, -0.25) is 9.59 Å². The molecule has 2 aromatic heterocycles. The zero-order chi connectivity index (χ0) is 17.3. The van der Waals surface area contributed by atoms with Gasteiger partial charge in [0.05, 0.1) is 10.9 Å². The second-order valence-electron chi connectivity index (χ2n) is 5.83. The lowest BCUT2D eigenvalue weighted by molar-refractivity contribution is 0.0787. The number of aromatic nitrogens is 1. The third-order valence-corrected chi connectivity index (χ3v) is 5.23. The fraction of sp³-hybridized carbons (Fsp3) is 0.263. The normalized spacial score (nSPS) is 11.0. The van der Waals surface area contributed by atoms with Crippen LogP contribution in [-0.2, 0) is 13.1 Å². The van der Waals surface area contributed by atoms with Crippen LogP contribution >= 0.6 is 11.3 Å². The number of pyridine rings is 1. The number of nitrogens with zero attached hydrogens (tertiary/aromatic N) is 2. The number of hydrogen-bond donors (Lipinski definition) is 0. The molecule has 0 fully saturated rings. The van der Waals surface area contributed by atoms with E-state index < -0.39 is 0 Å². The van der Waals surface area contributed by atoms with Crippen molar-refractivity contribution in [1.82, 2.24) is 9.47 Å². The minimum Gasteiger partial charge on any atom is -0.337 e. The van der Waals surface area contributed by atoms with Crippen molar-refractivity contribution in [3.63, 3.8) is 0 Å². The Kier molecular flexibility index (Phi) is 4.53. The summed E-state index contributed by atoms with van der Waals surface area (Å²) in [6.07, 6.45) is 1.79. The highest BCUT2D eigenvalue weighted by Gasteiger charge is 2.22. The molecular weight excluding hydrogens is 320 g/mol. The summed E-state index contributed by atoms with van der Waals surface area (Å²) in [6.45, 7) is 4.95. The fourth-order valence-electron chi connectivity index (χ4n) is 2.89. The van der Waals surface area contributed by atoms with E-state index in [1.165, 1.54) is 11.3 Å². The molecule has 0 spiro atoms. The average Bonchev–Trinajstić information content (AvgIpc) is 2.92. The topological polar surface area (TPSA) is 42.3 Å². The first-order valence-corrected chi connectivity index (χ1v) is 8.76. The Bertz CT molecular complexity index is 941. The Morgan fingerprint density at radius 3 is 2.58 bits per heavy atom. The minimum atomic E-state index is -0.103. The maximum atomic E-state index is 13.0. The van der Waals surface area contributed by atoms with Crippen LogP contribution in [0.1, 0.15) is 27.7 Å². The monoisotopic (exact) mass is 340 g/mol. The lowest BCUT2D eigenvalue weighted by atomic mass is 10.1. The van der Waals surface area contributed by atoms with Gasteiger partial charge in [0.1, 0.15) is 0 Å². The molecule has 1 aromatic carbocycles. The molecule has 0 atom stereocenters. The summed E-state index contributed by atoms with van der Waals surface area (Å²) in [5.41, 5.74) is 1.52. The van der Waals surface area contributed by atoms with Crippen molar-refractivity contribution in [3.05, 3.63) is 69.0 Å². The second kappa shape index (κ2) is 6.61. The molecule has 124 valence electrons. The first kappa shape index (κ1) is 16.5. The van der Waals surface area contributed by atoms with E-state index in [9.17, 15) is 9.59 Å². The lowest BCUT2D eigenvalue weighted by Crippen LogP contribution is -2.28. The van der Waals surface area contributed by atoms with Gasteiger partial charge in [0.15, 0.2) is 0 Å². The SMILES string of the molecule is CCn1ccc2sc(C)c(C(=O)N(C)Cc3ccccc3)c2c1=O. The van der Waals surface area contributed by atoms with E-state index in [4.69, 9.17) is 0 Å². The molecule has 3 aromatic rings. The van der Waals surface area contributed by atoms with E-state index in [-0.39, 0.29) is 11.5 Å². The summed E-state index contributed by atoms with van der Waals surface area (Å²) in [6, 6.07) is 11.8. The number of hydrogen-bond acceptors (Lipinski definition) is 3. The summed E-state index contributed by atoms with van der Waals surface area (Å²) in [4.78, 5) is 28.2. The van der Waals surface area contributed by atoms with Crippen LogP contribution in [0.3, 0.4) is 0 Å². The molecule has 0 radical (unpaired) electrons. The number of aryl methyl sites for hydroxylation is 2. The predicted octanol–water partition coefficient (Wildman–Crippen LogP) is 3.66. The van der Waals surface area contributed by atoms with Gasteiger partial charge in [-0.25, -0.2) is 0 Å². The molecular formula is C19H20N2O2S. The van der Waals surface area contributed by atoms with Gasteiger partial charge in [0.2, 0.25) is 0 Å². The second-order valence-corrected chi connectivity index (χ2v) is 7.08. The number of carbonyl (C=O) groups excluding carboxylic acids is 1. The van der Waals surface area contributed by atoms with Crippen molar-refractivity contribution in [1.29, 1.82) is 0 Å². The molecule has 2 heterocycles. The molecule has 5 heteroatoms. The van der Waals surface area contributed by atoms with Crippen LogP contribution in [0.5, 0.6) is 0 Å². The molecule has 4 nitrogen and oxygen atoms in total. The fourth-order valence-corrected chi connectivity index (χ4v) is 3.93. The summed E-state index contributed by atoms with van der Waals surface area (Å²) >= 11 is 1.50. The Morgan fingerprint density at radius 2 is 1.92 bits per heavy atom. The van der Waals surface area contributed by atoms with Gasteiger partial charge in [-0.15, -0.1) is 11.3 Å². The number of rotatable bonds is 4. The van der Waals surface area contributed by atoms with Crippen molar-refractivity contribution in [3.8, 4) is 0 Å². The maximum Gasteiger partial charge on any atom is 0.260 e. The van der Waals surface area contributed by atoms with Crippen LogP contribution in [0.2, 0.25) is 0 Å². The third kappa shape index (κ3) is 2.87. The largest absolute Gasteiger partial charge is 0.337 e. The van der Waals surface area contributed by atoms with E-state index in [0.717, 1.165) is 15.1 Å². The van der Waals surface area contributed by atoms with Gasteiger partial charge in [0.25, 0.3) is 11.5 Å². The quantitative estimate of drug-likeness (QED) is 0.727. The van der Waals surface area contributed by atoms with Crippen molar-refractivity contribution in [2.75, 3.05) is 7.05 Å². The van der Waals surface area contributed by atoms with Crippen LogP contribution in [0.4, 0.5) is 0 Å². The van der Waals surface area contributed by atoms with Crippen molar-refractivity contribution < 1.29 is 4.79 Å². The van der Waals surface area contributed by atoms with E-state index in [1.807, 2.05) is 50.2 Å². The van der Waals surface area contributed by atoms with E-state index in [2.05, 4.69) is 0 Å². The maximum absolute atomic E-state index is 13.0. The molecule has 0 aliphatic rings. The van der Waals surface area contributed by atoms with E-state index in [1.54, 1.807) is 22.7 Å². The third-order valence-electron chi connectivity index (χ3n) is 4.16. The van der Waals surface area contributed by atoms with E-state index >= 15 is 0 Å². The Balaban J connectivity index is 2.03. The number of amides is 1. The van der Waals surface area contributed by atoms with Crippen LogP contribution in [0.15, 0.2) is 47.4 Å². The molecule has 0 unspecified atom stereocenters. The molecule has 0 N–H and O–H groups in total. The van der Waals surface area contributed by atoms with Crippen LogP contribution < -0.4 is 5.56 Å². The smallest absolute Gasteiger partial charge is 0.260 e. The first-order valence-electron chi connectivity index (χ1n) is 7.94. The number of fused-ring (bicyclic) bond motifs is 1. The molecule has 0 saturated heterocycles. The number of benzene rings is 1. The van der Waals surface area contributed by atoms with Crippen molar-refractivity contribution >= 4 is 27.3 Å². The lowest BCUT2D eigenvalue weighted by Gasteiger charge is -2.17. The molecule has 0 bridgehead atoms.